The third-order valence-electron chi connectivity index (χ3n) is 3.43. The van der Waals surface area contributed by atoms with E-state index in [0.717, 1.165) is 31.2 Å². The predicted molar refractivity (Wildman–Crippen MR) is 68.2 cm³/mol. The highest BCUT2D eigenvalue weighted by Crippen LogP contribution is 2.19. The van der Waals surface area contributed by atoms with Crippen molar-refractivity contribution in [1.29, 1.82) is 0 Å². The molecule has 0 bridgehead atoms. The number of carbonyl (C=O) groups is 1. The zero-order chi connectivity index (χ0) is 13.1. The number of likely N-dealkylation sites (tertiary alicyclic amines) is 1. The lowest BCUT2D eigenvalue weighted by Gasteiger charge is -2.30. The molecule has 2 rings (SSSR count). The lowest BCUT2D eigenvalue weighted by atomic mass is 10.00. The van der Waals surface area contributed by atoms with Crippen LogP contribution in [0.25, 0.3) is 0 Å². The summed E-state index contributed by atoms with van der Waals surface area (Å²) in [6.07, 6.45) is 4.25. The first-order chi connectivity index (χ1) is 8.60. The van der Waals surface area contributed by atoms with Crippen molar-refractivity contribution in [1.82, 2.24) is 14.7 Å². The van der Waals surface area contributed by atoms with Gasteiger partial charge in [0.25, 0.3) is 0 Å². The molecule has 0 N–H and O–H groups in total. The number of ether oxygens (including phenoxy) is 1. The molecule has 2 heterocycles. The first kappa shape index (κ1) is 13.1. The third kappa shape index (κ3) is 2.90. The Labute approximate surface area is 108 Å². The predicted octanol–water partition coefficient (Wildman–Crippen LogP) is 1.44. The molecule has 1 saturated heterocycles. The molecule has 5 heteroatoms. The van der Waals surface area contributed by atoms with Crippen molar-refractivity contribution in [3.8, 4) is 0 Å². The van der Waals surface area contributed by atoms with Crippen molar-refractivity contribution in [2.45, 2.75) is 26.3 Å². The van der Waals surface area contributed by atoms with E-state index in [1.54, 1.807) is 10.9 Å². The molecule has 100 valence electrons. The van der Waals surface area contributed by atoms with Gasteiger partial charge in [-0.3, -0.25) is 9.58 Å². The summed E-state index contributed by atoms with van der Waals surface area (Å²) >= 11 is 0. The van der Waals surface area contributed by atoms with Gasteiger partial charge in [-0.25, -0.2) is 4.79 Å². The Morgan fingerprint density at radius 3 is 3.06 bits per heavy atom. The average Bonchev–Trinajstić information content (AvgIpc) is 2.69. The summed E-state index contributed by atoms with van der Waals surface area (Å²) in [6, 6.07) is 0. The molecule has 0 saturated carbocycles. The van der Waals surface area contributed by atoms with E-state index in [4.69, 9.17) is 4.74 Å². The van der Waals surface area contributed by atoms with Gasteiger partial charge in [0.15, 0.2) is 0 Å². The Morgan fingerprint density at radius 1 is 1.61 bits per heavy atom. The molecule has 1 aliphatic rings. The number of rotatable bonds is 3. The third-order valence-corrected chi connectivity index (χ3v) is 3.43. The van der Waals surface area contributed by atoms with Gasteiger partial charge in [0.1, 0.15) is 5.56 Å². The smallest absolute Gasteiger partial charge is 0.341 e. The number of aryl methyl sites for hydroxylation is 1. The van der Waals surface area contributed by atoms with Crippen molar-refractivity contribution >= 4 is 5.97 Å². The summed E-state index contributed by atoms with van der Waals surface area (Å²) in [5.41, 5.74) is 1.40. The molecule has 5 nitrogen and oxygen atoms in total. The fourth-order valence-corrected chi connectivity index (χ4v) is 2.57. The van der Waals surface area contributed by atoms with Crippen LogP contribution < -0.4 is 0 Å². The van der Waals surface area contributed by atoms with Crippen LogP contribution in [0.4, 0.5) is 0 Å². The van der Waals surface area contributed by atoms with Gasteiger partial charge in [-0.2, -0.15) is 5.10 Å². The van der Waals surface area contributed by atoms with Gasteiger partial charge >= 0.3 is 5.97 Å². The molecule has 0 spiro atoms. The zero-order valence-electron chi connectivity index (χ0n) is 11.3. The molecular weight excluding hydrogens is 230 g/mol. The van der Waals surface area contributed by atoms with E-state index in [-0.39, 0.29) is 5.97 Å². The molecule has 1 aromatic rings. The Morgan fingerprint density at radius 2 is 2.39 bits per heavy atom. The summed E-state index contributed by atoms with van der Waals surface area (Å²) in [5.74, 6) is 0.423. The van der Waals surface area contributed by atoms with Crippen molar-refractivity contribution in [3.05, 3.63) is 17.5 Å². The van der Waals surface area contributed by atoms with Crippen molar-refractivity contribution < 1.29 is 9.53 Å². The highest BCUT2D eigenvalue weighted by Gasteiger charge is 2.21. The maximum absolute atomic E-state index is 11.7. The number of carbonyl (C=O) groups excluding carboxylic acids is 1. The lowest BCUT2D eigenvalue weighted by Crippen LogP contribution is -2.34. The summed E-state index contributed by atoms with van der Waals surface area (Å²) < 4.78 is 6.47. The SMILES string of the molecule is COC(=O)c1cn(C)nc1CN1CCCC(C)C1. The van der Waals surface area contributed by atoms with E-state index in [1.165, 1.54) is 20.0 Å². The van der Waals surface area contributed by atoms with Crippen LogP contribution in [-0.2, 0) is 18.3 Å². The van der Waals surface area contributed by atoms with Crippen LogP contribution in [-0.4, -0.2) is 40.8 Å². The molecule has 0 aliphatic carbocycles. The lowest BCUT2D eigenvalue weighted by molar-refractivity contribution is 0.0597. The normalized spacial score (nSPS) is 20.9. The van der Waals surface area contributed by atoms with Gasteiger partial charge in [0.05, 0.1) is 12.8 Å². The average molecular weight is 251 g/mol. The second-order valence-corrected chi connectivity index (χ2v) is 5.14. The first-order valence-corrected chi connectivity index (χ1v) is 6.43. The summed E-state index contributed by atoms with van der Waals surface area (Å²) in [4.78, 5) is 14.0. The quantitative estimate of drug-likeness (QED) is 0.763. The molecule has 0 radical (unpaired) electrons. The maximum atomic E-state index is 11.7. The van der Waals surface area contributed by atoms with Gasteiger partial charge in [-0.05, 0) is 25.3 Å². The largest absolute Gasteiger partial charge is 0.465 e. The Hall–Kier alpha value is -1.36. The van der Waals surface area contributed by atoms with E-state index in [0.29, 0.717) is 5.56 Å². The summed E-state index contributed by atoms with van der Waals surface area (Å²) in [5, 5.41) is 4.37. The van der Waals surface area contributed by atoms with Crippen LogP contribution >= 0.6 is 0 Å². The number of methoxy groups -OCH3 is 1. The van der Waals surface area contributed by atoms with E-state index < -0.39 is 0 Å². The van der Waals surface area contributed by atoms with Gasteiger partial charge < -0.3 is 4.74 Å². The molecule has 0 aromatic carbocycles. The highest BCUT2D eigenvalue weighted by molar-refractivity contribution is 5.90. The number of hydrogen-bond donors (Lipinski definition) is 0. The Balaban J connectivity index is 2.10. The van der Waals surface area contributed by atoms with Crippen LogP contribution in [0.1, 0.15) is 35.8 Å². The van der Waals surface area contributed by atoms with Crippen LogP contribution in [0.15, 0.2) is 6.20 Å². The first-order valence-electron chi connectivity index (χ1n) is 6.43. The maximum Gasteiger partial charge on any atom is 0.341 e. The minimum absolute atomic E-state index is 0.303. The molecule has 1 atom stereocenters. The number of aromatic nitrogens is 2. The molecule has 18 heavy (non-hydrogen) atoms. The summed E-state index contributed by atoms with van der Waals surface area (Å²) in [7, 11) is 3.23. The minimum atomic E-state index is -0.303. The Kier molecular flexibility index (Phi) is 4.01. The van der Waals surface area contributed by atoms with Crippen molar-refractivity contribution in [2.75, 3.05) is 20.2 Å². The van der Waals surface area contributed by atoms with Crippen LogP contribution in [0.3, 0.4) is 0 Å². The van der Waals surface area contributed by atoms with E-state index >= 15 is 0 Å². The van der Waals surface area contributed by atoms with E-state index in [9.17, 15) is 4.79 Å². The topological polar surface area (TPSA) is 47.4 Å². The van der Waals surface area contributed by atoms with E-state index in [2.05, 4.69) is 16.9 Å². The van der Waals surface area contributed by atoms with Crippen molar-refractivity contribution in [3.63, 3.8) is 0 Å². The number of nitrogens with zero attached hydrogens (tertiary/aromatic N) is 3. The van der Waals surface area contributed by atoms with Gasteiger partial charge in [0.2, 0.25) is 0 Å². The number of hydrogen-bond acceptors (Lipinski definition) is 4. The fraction of sp³-hybridized carbons (Fsp3) is 0.692. The molecule has 0 amide bonds. The monoisotopic (exact) mass is 251 g/mol. The van der Waals surface area contributed by atoms with Crippen molar-refractivity contribution in [2.24, 2.45) is 13.0 Å². The number of piperidine rings is 1. The van der Waals surface area contributed by atoms with Crippen LogP contribution in [0, 0.1) is 5.92 Å². The Bertz CT molecular complexity index is 428. The van der Waals surface area contributed by atoms with E-state index in [1.807, 2.05) is 7.05 Å². The van der Waals surface area contributed by atoms with Gasteiger partial charge in [-0.15, -0.1) is 0 Å². The van der Waals surface area contributed by atoms with Gasteiger partial charge in [0, 0.05) is 26.3 Å². The summed E-state index contributed by atoms with van der Waals surface area (Å²) in [6.45, 7) is 5.17. The second kappa shape index (κ2) is 5.52. The molecule has 1 fully saturated rings. The second-order valence-electron chi connectivity index (χ2n) is 5.14. The molecular formula is C13H21N3O2. The fourth-order valence-electron chi connectivity index (χ4n) is 2.57. The zero-order valence-corrected chi connectivity index (χ0v) is 11.3. The number of esters is 1. The van der Waals surface area contributed by atoms with Crippen LogP contribution in [0.5, 0.6) is 0 Å². The van der Waals surface area contributed by atoms with Crippen LogP contribution in [0.2, 0.25) is 0 Å². The molecule has 1 aliphatic heterocycles. The minimum Gasteiger partial charge on any atom is -0.465 e. The molecule has 1 aromatic heterocycles. The molecule has 1 unspecified atom stereocenters. The van der Waals surface area contributed by atoms with Gasteiger partial charge in [-0.1, -0.05) is 6.92 Å². The standard InChI is InChI=1S/C13H21N3O2/c1-10-5-4-6-16(7-10)9-12-11(13(17)18-3)8-15(2)14-12/h8,10H,4-7,9H2,1-3H3. The highest BCUT2D eigenvalue weighted by atomic mass is 16.5.